The minimum atomic E-state index is -0.491. The first-order valence-electron chi connectivity index (χ1n) is 12.3. The molecule has 35 heavy (non-hydrogen) atoms. The third kappa shape index (κ3) is 5.36. The Kier molecular flexibility index (Phi) is 7.06. The number of nitrogens with zero attached hydrogens (tertiary/aromatic N) is 4. The van der Waals surface area contributed by atoms with E-state index in [0.29, 0.717) is 32.7 Å². The normalized spacial score (nSPS) is 17.6. The molecule has 5 rings (SSSR count). The van der Waals surface area contributed by atoms with Crippen molar-refractivity contribution in [2.75, 3.05) is 58.9 Å². The molecule has 2 aliphatic rings. The minimum Gasteiger partial charge on any atom is -0.339 e. The molecule has 3 aromatic carbocycles. The lowest BCUT2D eigenvalue weighted by molar-refractivity contribution is -0.134. The van der Waals surface area contributed by atoms with Crippen LogP contribution in [0.25, 0.3) is 10.8 Å². The highest BCUT2D eigenvalue weighted by Crippen LogP contribution is 2.21. The molecule has 0 atom stereocenters. The van der Waals surface area contributed by atoms with E-state index >= 15 is 0 Å². The molecule has 0 unspecified atom stereocenters. The van der Waals surface area contributed by atoms with Crippen molar-refractivity contribution >= 4 is 22.6 Å². The van der Waals surface area contributed by atoms with Crippen molar-refractivity contribution in [3.63, 3.8) is 0 Å². The summed E-state index contributed by atoms with van der Waals surface area (Å²) in [6.45, 7) is 6.68. The van der Waals surface area contributed by atoms with Crippen LogP contribution in [-0.2, 0) is 11.3 Å². The summed E-state index contributed by atoms with van der Waals surface area (Å²) in [4.78, 5) is 33.7. The number of carbonyl (C=O) groups is 2. The van der Waals surface area contributed by atoms with E-state index in [-0.39, 0.29) is 17.4 Å². The van der Waals surface area contributed by atoms with E-state index in [4.69, 9.17) is 0 Å². The van der Waals surface area contributed by atoms with Crippen LogP contribution in [0, 0.1) is 5.82 Å². The summed E-state index contributed by atoms with van der Waals surface area (Å²) >= 11 is 0. The molecule has 6 nitrogen and oxygen atoms in total. The Bertz CT molecular complexity index is 1200. The van der Waals surface area contributed by atoms with Crippen LogP contribution < -0.4 is 0 Å². The second-order valence-corrected chi connectivity index (χ2v) is 9.34. The summed E-state index contributed by atoms with van der Waals surface area (Å²) in [5, 5.41) is 2.55. The fraction of sp³-hybridized carbons (Fsp3) is 0.357. The lowest BCUT2D eigenvalue weighted by Gasteiger charge is -2.38. The maximum atomic E-state index is 14.0. The van der Waals surface area contributed by atoms with Gasteiger partial charge in [-0.2, -0.15) is 0 Å². The Hall–Kier alpha value is -3.29. The van der Waals surface area contributed by atoms with Crippen LogP contribution >= 0.6 is 0 Å². The first kappa shape index (κ1) is 23.5. The number of halogens is 1. The Morgan fingerprint density at radius 1 is 0.686 bits per heavy atom. The van der Waals surface area contributed by atoms with Gasteiger partial charge < -0.3 is 9.80 Å². The van der Waals surface area contributed by atoms with Gasteiger partial charge in [0.05, 0.1) is 12.1 Å². The summed E-state index contributed by atoms with van der Waals surface area (Å²) in [5.74, 6) is -0.630. The Morgan fingerprint density at radius 3 is 2.09 bits per heavy atom. The number of piperazine rings is 2. The topological polar surface area (TPSA) is 47.1 Å². The van der Waals surface area contributed by atoms with Crippen LogP contribution in [0.5, 0.6) is 0 Å². The lowest BCUT2D eigenvalue weighted by atomic mass is 10.0. The molecule has 0 N–H and O–H groups in total. The molecule has 0 saturated carbocycles. The second kappa shape index (κ2) is 10.5. The van der Waals surface area contributed by atoms with Crippen LogP contribution in [0.2, 0.25) is 0 Å². The van der Waals surface area contributed by atoms with E-state index in [1.165, 1.54) is 28.5 Å². The van der Waals surface area contributed by atoms with Crippen molar-refractivity contribution in [1.82, 2.24) is 19.6 Å². The molecule has 0 aliphatic carbocycles. The van der Waals surface area contributed by atoms with Crippen LogP contribution in [0.4, 0.5) is 4.39 Å². The van der Waals surface area contributed by atoms with Crippen LogP contribution in [0.3, 0.4) is 0 Å². The summed E-state index contributed by atoms with van der Waals surface area (Å²) in [6.07, 6.45) is 0. The molecule has 2 amide bonds. The summed E-state index contributed by atoms with van der Waals surface area (Å²) in [5.41, 5.74) is 1.43. The van der Waals surface area contributed by atoms with E-state index in [1.807, 2.05) is 4.90 Å². The van der Waals surface area contributed by atoms with Crippen molar-refractivity contribution in [1.29, 1.82) is 0 Å². The summed E-state index contributed by atoms with van der Waals surface area (Å²) in [6, 6.07) is 21.0. The molecular formula is C28H31FN4O2. The van der Waals surface area contributed by atoms with Gasteiger partial charge in [-0.3, -0.25) is 19.4 Å². The Labute approximate surface area is 205 Å². The number of amides is 2. The molecule has 0 aromatic heterocycles. The molecule has 0 radical (unpaired) electrons. The zero-order valence-corrected chi connectivity index (χ0v) is 19.9. The quantitative estimate of drug-likeness (QED) is 0.570. The van der Waals surface area contributed by atoms with Gasteiger partial charge in [0.25, 0.3) is 5.91 Å². The molecule has 2 fully saturated rings. The minimum absolute atomic E-state index is 0.110. The predicted octanol–water partition coefficient (Wildman–Crippen LogP) is 3.08. The van der Waals surface area contributed by atoms with Gasteiger partial charge in [0.15, 0.2) is 0 Å². The predicted molar refractivity (Wildman–Crippen MR) is 135 cm³/mol. The van der Waals surface area contributed by atoms with E-state index in [1.54, 1.807) is 17.0 Å². The van der Waals surface area contributed by atoms with Gasteiger partial charge in [0.1, 0.15) is 5.82 Å². The molecule has 2 aliphatic heterocycles. The number of carbonyl (C=O) groups excluding carboxylic acids is 2. The highest BCUT2D eigenvalue weighted by Gasteiger charge is 2.27. The summed E-state index contributed by atoms with van der Waals surface area (Å²) < 4.78 is 14.0. The average molecular weight is 475 g/mol. The molecule has 2 saturated heterocycles. The van der Waals surface area contributed by atoms with Gasteiger partial charge in [-0.25, -0.2) is 4.39 Å². The van der Waals surface area contributed by atoms with Gasteiger partial charge in [-0.1, -0.05) is 54.6 Å². The number of hydrogen-bond acceptors (Lipinski definition) is 4. The molecule has 182 valence electrons. The van der Waals surface area contributed by atoms with Gasteiger partial charge >= 0.3 is 0 Å². The molecular weight excluding hydrogens is 443 g/mol. The van der Waals surface area contributed by atoms with Crippen LogP contribution in [0.15, 0.2) is 66.7 Å². The smallest absolute Gasteiger partial charge is 0.256 e. The first-order chi connectivity index (χ1) is 17.1. The molecule has 2 heterocycles. The number of fused-ring (bicyclic) bond motifs is 1. The van der Waals surface area contributed by atoms with Crippen LogP contribution in [0.1, 0.15) is 15.9 Å². The van der Waals surface area contributed by atoms with Crippen molar-refractivity contribution in [3.8, 4) is 0 Å². The SMILES string of the molecule is O=C(CN1CCN(C(=O)c2ccccc2F)CC1)N1CCN(Cc2cccc3ccccc23)CC1. The third-order valence-electron chi connectivity index (χ3n) is 7.12. The van der Waals surface area contributed by atoms with Crippen molar-refractivity contribution in [2.45, 2.75) is 6.54 Å². The number of rotatable bonds is 5. The zero-order valence-electron chi connectivity index (χ0n) is 19.9. The highest BCUT2D eigenvalue weighted by atomic mass is 19.1. The maximum absolute atomic E-state index is 14.0. The fourth-order valence-electron chi connectivity index (χ4n) is 5.03. The maximum Gasteiger partial charge on any atom is 0.256 e. The molecule has 3 aromatic rings. The Balaban J connectivity index is 1.08. The van der Waals surface area contributed by atoms with Crippen molar-refractivity contribution < 1.29 is 14.0 Å². The summed E-state index contributed by atoms with van der Waals surface area (Å²) in [7, 11) is 0. The number of benzene rings is 3. The zero-order chi connectivity index (χ0) is 24.2. The van der Waals surface area contributed by atoms with Gasteiger partial charge in [0.2, 0.25) is 5.91 Å². The lowest BCUT2D eigenvalue weighted by Crippen LogP contribution is -2.54. The van der Waals surface area contributed by atoms with E-state index in [0.717, 1.165) is 32.7 Å². The molecule has 7 heteroatoms. The van der Waals surface area contributed by atoms with E-state index in [9.17, 15) is 14.0 Å². The standard InChI is InChI=1S/C28H31FN4O2/c29-26-11-4-3-10-25(26)28(35)33-18-14-31(15-19-33)21-27(34)32-16-12-30(13-17-32)20-23-8-5-7-22-6-1-2-9-24(22)23/h1-11H,12-21H2. The molecule has 0 bridgehead atoms. The van der Waals surface area contributed by atoms with E-state index in [2.05, 4.69) is 52.3 Å². The fourth-order valence-corrected chi connectivity index (χ4v) is 5.03. The second-order valence-electron chi connectivity index (χ2n) is 9.34. The van der Waals surface area contributed by atoms with Gasteiger partial charge in [0, 0.05) is 58.9 Å². The van der Waals surface area contributed by atoms with Gasteiger partial charge in [-0.15, -0.1) is 0 Å². The highest BCUT2D eigenvalue weighted by molar-refractivity contribution is 5.94. The Morgan fingerprint density at radius 2 is 1.31 bits per heavy atom. The number of hydrogen-bond donors (Lipinski definition) is 0. The van der Waals surface area contributed by atoms with Crippen LogP contribution in [-0.4, -0.2) is 90.3 Å². The average Bonchev–Trinajstić information content (AvgIpc) is 2.90. The molecule has 0 spiro atoms. The largest absolute Gasteiger partial charge is 0.339 e. The van der Waals surface area contributed by atoms with Gasteiger partial charge in [-0.05, 0) is 28.5 Å². The first-order valence-corrected chi connectivity index (χ1v) is 12.3. The monoisotopic (exact) mass is 474 g/mol. The van der Waals surface area contributed by atoms with Crippen molar-refractivity contribution in [3.05, 3.63) is 83.7 Å². The third-order valence-corrected chi connectivity index (χ3v) is 7.12. The van der Waals surface area contributed by atoms with Crippen molar-refractivity contribution in [2.24, 2.45) is 0 Å². The van der Waals surface area contributed by atoms with E-state index < -0.39 is 5.82 Å².